The van der Waals surface area contributed by atoms with Gasteiger partial charge in [0.25, 0.3) is 5.91 Å². The summed E-state index contributed by atoms with van der Waals surface area (Å²) in [6.07, 6.45) is 0. The minimum atomic E-state index is -0.628. The summed E-state index contributed by atoms with van der Waals surface area (Å²) in [6.45, 7) is 2.86. The van der Waals surface area contributed by atoms with Crippen LogP contribution in [0.25, 0.3) is 5.69 Å². The minimum Gasteiger partial charge on any atom is -0.452 e. The van der Waals surface area contributed by atoms with Crippen molar-refractivity contribution in [1.29, 1.82) is 0 Å². The fraction of sp³-hybridized carbons (Fsp3) is 0.333. The third-order valence-corrected chi connectivity index (χ3v) is 3.77. The van der Waals surface area contributed by atoms with Gasteiger partial charge in [0.1, 0.15) is 5.56 Å². The number of esters is 1. The predicted molar refractivity (Wildman–Crippen MR) is 95.0 cm³/mol. The first-order valence-corrected chi connectivity index (χ1v) is 8.07. The fourth-order valence-corrected chi connectivity index (χ4v) is 2.35. The lowest BCUT2D eigenvalue weighted by Crippen LogP contribution is -2.38. The van der Waals surface area contributed by atoms with Crippen molar-refractivity contribution in [3.05, 3.63) is 47.3 Å². The monoisotopic (exact) mass is 358 g/mol. The zero-order chi connectivity index (χ0) is 19.3. The van der Waals surface area contributed by atoms with Gasteiger partial charge in [-0.15, -0.1) is 0 Å². The van der Waals surface area contributed by atoms with Crippen LogP contribution in [-0.4, -0.2) is 59.7 Å². The molecule has 8 heteroatoms. The summed E-state index contributed by atoms with van der Waals surface area (Å²) in [7, 11) is 3.18. The van der Waals surface area contributed by atoms with Crippen LogP contribution in [0.2, 0.25) is 0 Å². The third-order valence-electron chi connectivity index (χ3n) is 3.77. The molecule has 2 aromatic rings. The standard InChI is InChI=1S/C18H22N4O4/c1-12-17(13(2)22(20-12)14-8-6-5-7-9-14)18(25)26-11-15(23)19-10-16(24)21(3)4/h5-9H,10-11H2,1-4H3,(H,19,23). The summed E-state index contributed by atoms with van der Waals surface area (Å²) in [4.78, 5) is 36.9. The molecule has 0 saturated heterocycles. The fourth-order valence-electron chi connectivity index (χ4n) is 2.35. The van der Waals surface area contributed by atoms with Crippen molar-refractivity contribution in [2.45, 2.75) is 13.8 Å². The first-order chi connectivity index (χ1) is 12.3. The summed E-state index contributed by atoms with van der Waals surface area (Å²) in [5.41, 5.74) is 2.29. The second-order valence-electron chi connectivity index (χ2n) is 5.93. The smallest absolute Gasteiger partial charge is 0.342 e. The Balaban J connectivity index is 2.01. The first kappa shape index (κ1) is 19.2. The third kappa shape index (κ3) is 4.47. The molecule has 0 aliphatic carbocycles. The van der Waals surface area contributed by atoms with Gasteiger partial charge in [-0.3, -0.25) is 9.59 Å². The highest BCUT2D eigenvalue weighted by atomic mass is 16.5. The van der Waals surface area contributed by atoms with Crippen molar-refractivity contribution >= 4 is 17.8 Å². The second-order valence-corrected chi connectivity index (χ2v) is 5.93. The van der Waals surface area contributed by atoms with E-state index in [1.807, 2.05) is 30.3 Å². The zero-order valence-electron chi connectivity index (χ0n) is 15.3. The zero-order valence-corrected chi connectivity index (χ0v) is 15.3. The van der Waals surface area contributed by atoms with Gasteiger partial charge in [-0.1, -0.05) is 18.2 Å². The maximum atomic E-state index is 12.4. The summed E-state index contributed by atoms with van der Waals surface area (Å²) >= 11 is 0. The average Bonchev–Trinajstić information content (AvgIpc) is 2.92. The van der Waals surface area contributed by atoms with Crippen molar-refractivity contribution < 1.29 is 19.1 Å². The lowest BCUT2D eigenvalue weighted by Gasteiger charge is -2.11. The number of rotatable bonds is 6. The molecule has 1 aromatic carbocycles. The Bertz CT molecular complexity index is 812. The second kappa shape index (κ2) is 8.28. The van der Waals surface area contributed by atoms with Crippen molar-refractivity contribution in [1.82, 2.24) is 20.0 Å². The Morgan fingerprint density at radius 3 is 2.42 bits per heavy atom. The molecule has 1 N–H and O–H groups in total. The van der Waals surface area contributed by atoms with Gasteiger partial charge in [0.05, 0.1) is 23.6 Å². The molecule has 0 aliphatic rings. The van der Waals surface area contributed by atoms with Crippen LogP contribution < -0.4 is 5.32 Å². The van der Waals surface area contributed by atoms with Crippen molar-refractivity contribution in [2.75, 3.05) is 27.2 Å². The highest BCUT2D eigenvalue weighted by Crippen LogP contribution is 2.18. The van der Waals surface area contributed by atoms with Gasteiger partial charge in [-0.05, 0) is 26.0 Å². The predicted octanol–water partition coefficient (Wildman–Crippen LogP) is 0.850. The number of hydrogen-bond donors (Lipinski definition) is 1. The molecule has 0 bridgehead atoms. The van der Waals surface area contributed by atoms with E-state index in [2.05, 4.69) is 10.4 Å². The first-order valence-electron chi connectivity index (χ1n) is 8.07. The van der Waals surface area contributed by atoms with Crippen LogP contribution >= 0.6 is 0 Å². The molecular formula is C18H22N4O4. The average molecular weight is 358 g/mol. The molecule has 0 saturated carbocycles. The van der Waals surface area contributed by atoms with Crippen molar-refractivity contribution in [3.8, 4) is 5.69 Å². The molecule has 138 valence electrons. The topological polar surface area (TPSA) is 93.5 Å². The molecule has 0 radical (unpaired) electrons. The van der Waals surface area contributed by atoms with Gasteiger partial charge < -0.3 is 15.0 Å². The molecule has 0 aliphatic heterocycles. The van der Waals surface area contributed by atoms with Crippen LogP contribution in [0.3, 0.4) is 0 Å². The Hall–Kier alpha value is -3.16. The number of likely N-dealkylation sites (N-methyl/N-ethyl adjacent to an activating group) is 1. The van der Waals surface area contributed by atoms with E-state index >= 15 is 0 Å². The Morgan fingerprint density at radius 1 is 1.15 bits per heavy atom. The van der Waals surface area contributed by atoms with Crippen LogP contribution in [0, 0.1) is 13.8 Å². The van der Waals surface area contributed by atoms with E-state index < -0.39 is 18.5 Å². The van der Waals surface area contributed by atoms with Gasteiger partial charge in [0, 0.05) is 14.1 Å². The van der Waals surface area contributed by atoms with E-state index in [1.54, 1.807) is 32.6 Å². The van der Waals surface area contributed by atoms with Gasteiger partial charge in [0.2, 0.25) is 5.91 Å². The SMILES string of the molecule is Cc1nn(-c2ccccc2)c(C)c1C(=O)OCC(=O)NCC(=O)N(C)C. The summed E-state index contributed by atoms with van der Waals surface area (Å²) in [6, 6.07) is 9.41. The number of amides is 2. The molecule has 26 heavy (non-hydrogen) atoms. The molecule has 1 heterocycles. The Kier molecular flexibility index (Phi) is 6.11. The molecule has 2 amide bonds. The quantitative estimate of drug-likeness (QED) is 0.773. The lowest BCUT2D eigenvalue weighted by molar-refractivity contribution is -0.131. The number of para-hydroxylation sites is 1. The number of nitrogens with zero attached hydrogens (tertiary/aromatic N) is 3. The Morgan fingerprint density at radius 2 is 1.81 bits per heavy atom. The van der Waals surface area contributed by atoms with Crippen LogP contribution in [0.5, 0.6) is 0 Å². The number of benzene rings is 1. The van der Waals surface area contributed by atoms with Crippen molar-refractivity contribution in [2.24, 2.45) is 0 Å². The minimum absolute atomic E-state index is 0.145. The van der Waals surface area contributed by atoms with Gasteiger partial charge in [-0.25, -0.2) is 9.48 Å². The van der Waals surface area contributed by atoms with Crippen molar-refractivity contribution in [3.63, 3.8) is 0 Å². The number of nitrogens with one attached hydrogen (secondary N) is 1. The highest BCUT2D eigenvalue weighted by Gasteiger charge is 2.21. The number of hydrogen-bond acceptors (Lipinski definition) is 5. The van der Waals surface area contributed by atoms with E-state index in [9.17, 15) is 14.4 Å². The van der Waals surface area contributed by atoms with Gasteiger partial charge >= 0.3 is 5.97 Å². The van der Waals surface area contributed by atoms with E-state index in [-0.39, 0.29) is 12.5 Å². The van der Waals surface area contributed by atoms with E-state index in [1.165, 1.54) is 4.90 Å². The molecule has 0 spiro atoms. The normalized spacial score (nSPS) is 10.3. The molecule has 2 rings (SSSR count). The van der Waals surface area contributed by atoms with Crippen LogP contribution in [0.1, 0.15) is 21.7 Å². The molecule has 0 atom stereocenters. The van der Waals surface area contributed by atoms with Gasteiger partial charge in [-0.2, -0.15) is 5.10 Å². The Labute approximate surface area is 151 Å². The highest BCUT2D eigenvalue weighted by molar-refractivity contribution is 5.94. The largest absolute Gasteiger partial charge is 0.452 e. The lowest BCUT2D eigenvalue weighted by atomic mass is 10.2. The van der Waals surface area contributed by atoms with E-state index in [0.29, 0.717) is 17.0 Å². The number of carbonyl (C=O) groups is 3. The maximum absolute atomic E-state index is 12.4. The summed E-state index contributed by atoms with van der Waals surface area (Å²) < 4.78 is 6.72. The molecule has 0 fully saturated rings. The number of aromatic nitrogens is 2. The van der Waals surface area contributed by atoms with E-state index in [4.69, 9.17) is 4.74 Å². The summed E-state index contributed by atoms with van der Waals surface area (Å²) in [5, 5.41) is 6.78. The molecular weight excluding hydrogens is 336 g/mol. The number of aryl methyl sites for hydroxylation is 1. The van der Waals surface area contributed by atoms with Gasteiger partial charge in [0.15, 0.2) is 6.61 Å². The van der Waals surface area contributed by atoms with Crippen LogP contribution in [-0.2, 0) is 14.3 Å². The molecule has 0 unspecified atom stereocenters. The van der Waals surface area contributed by atoms with E-state index in [0.717, 1.165) is 5.69 Å². The van der Waals surface area contributed by atoms with Crippen LogP contribution in [0.15, 0.2) is 30.3 Å². The summed E-state index contributed by atoms with van der Waals surface area (Å²) in [5.74, 6) is -1.42. The maximum Gasteiger partial charge on any atom is 0.342 e. The number of carbonyl (C=O) groups excluding carboxylic acids is 3. The molecule has 8 nitrogen and oxygen atoms in total. The van der Waals surface area contributed by atoms with Crippen LogP contribution in [0.4, 0.5) is 0 Å². The molecule has 1 aromatic heterocycles. The number of ether oxygens (including phenoxy) is 1.